The van der Waals surface area contributed by atoms with Gasteiger partial charge in [0.2, 0.25) is 0 Å². The molecule has 2 nitrogen and oxygen atoms in total. The fraction of sp³-hybridized carbons (Fsp3) is 0.600. The molecule has 2 unspecified atom stereocenters. The Morgan fingerprint density at radius 1 is 1.30 bits per heavy atom. The summed E-state index contributed by atoms with van der Waals surface area (Å²) in [7, 11) is 1.68. The summed E-state index contributed by atoms with van der Waals surface area (Å²) in [4.78, 5) is 0. The van der Waals surface area contributed by atoms with Gasteiger partial charge in [-0.15, -0.1) is 0 Å². The summed E-state index contributed by atoms with van der Waals surface area (Å²) in [6.45, 7) is 8.33. The maximum Gasteiger partial charge on any atom is 0.145 e. The highest BCUT2D eigenvalue weighted by Crippen LogP contribution is 2.36. The molecule has 20 heavy (non-hydrogen) atoms. The highest BCUT2D eigenvalue weighted by molar-refractivity contribution is 9.10. The molecular formula is C15H22BrF2NO. The zero-order valence-corrected chi connectivity index (χ0v) is 14.1. The second-order valence-electron chi connectivity index (χ2n) is 5.77. The molecule has 2 atom stereocenters. The molecule has 0 aromatic heterocycles. The van der Waals surface area contributed by atoms with Gasteiger partial charge in [-0.05, 0) is 47.4 Å². The predicted molar refractivity (Wildman–Crippen MR) is 80.7 cm³/mol. The second kappa shape index (κ2) is 6.96. The lowest BCUT2D eigenvalue weighted by molar-refractivity contribution is -0.0364. The Bertz CT molecular complexity index is 460. The first-order valence-corrected chi connectivity index (χ1v) is 7.45. The second-order valence-corrected chi connectivity index (χ2v) is 6.62. The van der Waals surface area contributed by atoms with E-state index in [1.807, 2.05) is 27.7 Å². The van der Waals surface area contributed by atoms with Crippen molar-refractivity contribution in [2.24, 2.45) is 5.41 Å². The Balaban J connectivity index is 3.34. The van der Waals surface area contributed by atoms with Crippen LogP contribution in [0, 0.1) is 17.0 Å². The maximum absolute atomic E-state index is 14.3. The molecule has 0 heterocycles. The van der Waals surface area contributed by atoms with Gasteiger partial charge in [-0.3, -0.25) is 0 Å². The van der Waals surface area contributed by atoms with Crippen molar-refractivity contribution in [1.29, 1.82) is 0 Å². The third-order valence-electron chi connectivity index (χ3n) is 3.20. The number of benzene rings is 1. The summed E-state index contributed by atoms with van der Waals surface area (Å²) in [5, 5.41) is 2.99. The van der Waals surface area contributed by atoms with Crippen LogP contribution < -0.4 is 5.32 Å². The van der Waals surface area contributed by atoms with Crippen molar-refractivity contribution < 1.29 is 13.5 Å². The van der Waals surface area contributed by atoms with E-state index in [1.165, 1.54) is 12.1 Å². The van der Waals surface area contributed by atoms with Gasteiger partial charge in [-0.25, -0.2) is 8.78 Å². The fourth-order valence-electron chi connectivity index (χ4n) is 2.30. The van der Waals surface area contributed by atoms with Gasteiger partial charge < -0.3 is 10.1 Å². The molecule has 0 aliphatic heterocycles. The molecule has 0 saturated carbocycles. The third kappa shape index (κ3) is 3.77. The number of hydrogen-bond donors (Lipinski definition) is 1. The van der Waals surface area contributed by atoms with Gasteiger partial charge in [-0.1, -0.05) is 20.8 Å². The number of ether oxygens (including phenoxy) is 1. The van der Waals surface area contributed by atoms with Crippen LogP contribution in [0.1, 0.15) is 39.3 Å². The van der Waals surface area contributed by atoms with E-state index < -0.39 is 17.7 Å². The highest BCUT2D eigenvalue weighted by Gasteiger charge is 2.36. The third-order valence-corrected chi connectivity index (χ3v) is 3.82. The van der Waals surface area contributed by atoms with Gasteiger partial charge in [0.25, 0.3) is 0 Å². The Morgan fingerprint density at radius 3 is 2.35 bits per heavy atom. The Labute approximate surface area is 128 Å². The molecule has 0 bridgehead atoms. The standard InChI is InChI=1S/C15H22BrF2NO/c1-6-20-14(15(2,3)4)13(19-5)11-10(17)8-7-9(16)12(11)18/h7-8,13-14,19H,6H2,1-5H3. The van der Waals surface area contributed by atoms with E-state index in [2.05, 4.69) is 21.2 Å². The summed E-state index contributed by atoms with van der Waals surface area (Å²) in [6.07, 6.45) is -0.351. The Kier molecular flexibility index (Phi) is 6.10. The van der Waals surface area contributed by atoms with Crippen molar-refractivity contribution in [3.8, 4) is 0 Å². The molecule has 1 N–H and O–H groups in total. The Hall–Kier alpha value is -0.520. The molecule has 1 aromatic carbocycles. The van der Waals surface area contributed by atoms with Crippen molar-refractivity contribution in [1.82, 2.24) is 5.32 Å². The van der Waals surface area contributed by atoms with Crippen LogP contribution in [0.3, 0.4) is 0 Å². The first kappa shape index (κ1) is 17.5. The number of likely N-dealkylation sites (N-methyl/N-ethyl adjacent to an activating group) is 1. The summed E-state index contributed by atoms with van der Waals surface area (Å²) in [5.41, 5.74) is -0.250. The average Bonchev–Trinajstić information content (AvgIpc) is 2.36. The number of halogens is 3. The minimum Gasteiger partial charge on any atom is -0.376 e. The normalized spacial score (nSPS) is 15.2. The van der Waals surface area contributed by atoms with Crippen LogP contribution in [0.4, 0.5) is 8.78 Å². The monoisotopic (exact) mass is 349 g/mol. The Morgan fingerprint density at radius 2 is 1.90 bits per heavy atom. The van der Waals surface area contributed by atoms with Crippen LogP contribution in [0.15, 0.2) is 16.6 Å². The molecule has 0 spiro atoms. The molecule has 1 aromatic rings. The minimum atomic E-state index is -0.585. The molecule has 114 valence electrons. The summed E-state index contributed by atoms with van der Waals surface area (Å²) >= 11 is 3.11. The topological polar surface area (TPSA) is 21.3 Å². The van der Waals surface area contributed by atoms with Crippen molar-refractivity contribution in [3.05, 3.63) is 33.8 Å². The fourth-order valence-corrected chi connectivity index (χ4v) is 2.65. The van der Waals surface area contributed by atoms with Gasteiger partial charge in [0.1, 0.15) is 11.6 Å². The number of nitrogens with one attached hydrogen (secondary N) is 1. The largest absolute Gasteiger partial charge is 0.376 e. The van der Waals surface area contributed by atoms with Gasteiger partial charge in [0, 0.05) is 12.2 Å². The van der Waals surface area contributed by atoms with E-state index in [9.17, 15) is 8.78 Å². The first-order valence-electron chi connectivity index (χ1n) is 6.66. The van der Waals surface area contributed by atoms with Crippen LogP contribution in [0.5, 0.6) is 0 Å². The maximum atomic E-state index is 14.3. The van der Waals surface area contributed by atoms with Crippen LogP contribution in [0.25, 0.3) is 0 Å². The summed E-state index contributed by atoms with van der Waals surface area (Å²) < 4.78 is 34.4. The first-order chi connectivity index (χ1) is 9.23. The number of hydrogen-bond acceptors (Lipinski definition) is 2. The van der Waals surface area contributed by atoms with Gasteiger partial charge >= 0.3 is 0 Å². The summed E-state index contributed by atoms with van der Waals surface area (Å²) in [5.74, 6) is -1.16. The van der Waals surface area contributed by atoms with Gasteiger partial charge in [0.05, 0.1) is 16.6 Å². The lowest BCUT2D eigenvalue weighted by Gasteiger charge is -2.37. The van der Waals surface area contributed by atoms with Crippen molar-refractivity contribution in [2.45, 2.75) is 39.8 Å². The van der Waals surface area contributed by atoms with Crippen molar-refractivity contribution in [2.75, 3.05) is 13.7 Å². The summed E-state index contributed by atoms with van der Waals surface area (Å²) in [6, 6.07) is 2.07. The smallest absolute Gasteiger partial charge is 0.145 e. The number of rotatable bonds is 5. The van der Waals surface area contributed by atoms with E-state index >= 15 is 0 Å². The van der Waals surface area contributed by atoms with E-state index in [1.54, 1.807) is 7.05 Å². The van der Waals surface area contributed by atoms with E-state index in [0.717, 1.165) is 0 Å². The quantitative estimate of drug-likeness (QED) is 0.793. The molecule has 1 rings (SSSR count). The molecule has 0 aliphatic carbocycles. The van der Waals surface area contributed by atoms with Gasteiger partial charge in [-0.2, -0.15) is 0 Å². The molecule has 0 fully saturated rings. The predicted octanol–water partition coefficient (Wildman–Crippen LogP) is 4.44. The van der Waals surface area contributed by atoms with Gasteiger partial charge in [0.15, 0.2) is 0 Å². The molecule has 0 aliphatic rings. The molecule has 0 amide bonds. The van der Waals surface area contributed by atoms with E-state index in [-0.39, 0.29) is 21.6 Å². The van der Waals surface area contributed by atoms with Crippen molar-refractivity contribution in [3.63, 3.8) is 0 Å². The molecule has 5 heteroatoms. The van der Waals surface area contributed by atoms with Crippen LogP contribution >= 0.6 is 15.9 Å². The van der Waals surface area contributed by atoms with Crippen LogP contribution in [-0.4, -0.2) is 19.8 Å². The van der Waals surface area contributed by atoms with E-state index in [0.29, 0.717) is 6.61 Å². The average molecular weight is 350 g/mol. The van der Waals surface area contributed by atoms with E-state index in [4.69, 9.17) is 4.74 Å². The van der Waals surface area contributed by atoms with Crippen LogP contribution in [-0.2, 0) is 4.74 Å². The molecule has 0 saturated heterocycles. The SMILES string of the molecule is CCOC(C(NC)c1c(F)ccc(Br)c1F)C(C)(C)C. The van der Waals surface area contributed by atoms with Crippen LogP contribution in [0.2, 0.25) is 0 Å². The lowest BCUT2D eigenvalue weighted by atomic mass is 9.81. The highest BCUT2D eigenvalue weighted by atomic mass is 79.9. The zero-order chi connectivity index (χ0) is 15.5. The molecule has 0 radical (unpaired) electrons. The zero-order valence-electron chi connectivity index (χ0n) is 12.6. The minimum absolute atomic E-state index is 0.00949. The van der Waals surface area contributed by atoms with Crippen molar-refractivity contribution >= 4 is 15.9 Å². The molecular weight excluding hydrogens is 328 g/mol. The lowest BCUT2D eigenvalue weighted by Crippen LogP contribution is -2.41.